The van der Waals surface area contributed by atoms with Gasteiger partial charge in [0.05, 0.1) is 0 Å². The molecule has 124 valence electrons. The lowest BCUT2D eigenvalue weighted by Gasteiger charge is -2.32. The van der Waals surface area contributed by atoms with Gasteiger partial charge in [-0.05, 0) is 0 Å². The molecule has 0 N–H and O–H groups in total. The molecule has 0 bridgehead atoms. The van der Waals surface area contributed by atoms with Crippen molar-refractivity contribution < 1.29 is 57.5 Å². The summed E-state index contributed by atoms with van der Waals surface area (Å²) in [5.41, 5.74) is -10.7. The average Bonchev–Trinajstić information content (AvgIpc) is 2.21. The van der Waals surface area contributed by atoms with Gasteiger partial charge in [-0.2, -0.15) is 48.3 Å². The molecule has 0 saturated carbocycles. The Morgan fingerprint density at radius 1 is 0.667 bits per heavy atom. The van der Waals surface area contributed by atoms with Crippen LogP contribution >= 0.6 is 0 Å². The summed E-state index contributed by atoms with van der Waals surface area (Å²) >= 11 is 0. The first kappa shape index (κ1) is 19.6. The van der Waals surface area contributed by atoms with Crippen molar-refractivity contribution in [2.75, 3.05) is 0 Å². The molecule has 0 fully saturated rings. The van der Waals surface area contributed by atoms with Crippen molar-refractivity contribution >= 4 is 5.78 Å². The first-order valence-electron chi connectivity index (χ1n) is 4.33. The minimum absolute atomic E-state index is 1.50. The molecule has 0 aromatic carbocycles. The second-order valence-electron chi connectivity index (χ2n) is 3.53. The number of alkyl halides is 12. The first-order valence-corrected chi connectivity index (χ1v) is 4.33. The number of Topliss-reactive ketones (excluding diaryl/α,β-unsaturated/α-hetero) is 1. The lowest BCUT2D eigenvalue weighted by Crippen LogP contribution is -2.64. The minimum Gasteiger partial charge on any atom is -0.288 e. The molecular weight excluding hydrogens is 340 g/mol. The fraction of sp³-hybridized carbons (Fsp3) is 0.625. The number of carbonyl (C=O) groups excluding carboxylic acids is 1. The maximum absolute atomic E-state index is 13.0. The van der Waals surface area contributed by atoms with E-state index in [2.05, 4.69) is 0 Å². The molecule has 0 unspecified atom stereocenters. The Morgan fingerprint density at radius 2 is 0.952 bits per heavy atom. The van der Waals surface area contributed by atoms with Gasteiger partial charge in [-0.1, -0.05) is 6.58 Å². The van der Waals surface area contributed by atoms with Crippen molar-refractivity contribution in [1.82, 2.24) is 0 Å². The predicted molar refractivity (Wildman–Crippen MR) is 41.1 cm³/mol. The molecule has 0 atom stereocenters. The third-order valence-corrected chi connectivity index (χ3v) is 2.10. The summed E-state index contributed by atoms with van der Waals surface area (Å²) in [4.78, 5) is 10.5. The summed E-state index contributed by atoms with van der Waals surface area (Å²) < 4.78 is 146. The molecule has 0 saturated heterocycles. The lowest BCUT2D eigenvalue weighted by molar-refractivity contribution is -0.330. The van der Waals surface area contributed by atoms with E-state index in [9.17, 15) is 57.5 Å². The highest BCUT2D eigenvalue weighted by molar-refractivity contribution is 5.97. The monoisotopic (exact) mass is 342 g/mol. The molecular formula is C8H2F12O. The number of halogens is 12. The predicted octanol–water partition coefficient (Wildman–Crippen LogP) is 4.14. The van der Waals surface area contributed by atoms with Gasteiger partial charge in [-0.25, -0.2) is 4.39 Å². The summed E-state index contributed by atoms with van der Waals surface area (Å²) in [6.07, 6.45) is -20.7. The van der Waals surface area contributed by atoms with Gasteiger partial charge in [0.15, 0.2) is 0 Å². The highest BCUT2D eigenvalue weighted by Crippen LogP contribution is 2.51. The minimum atomic E-state index is -7.25. The quantitative estimate of drug-likeness (QED) is 0.557. The number of rotatable bonds is 3. The first-order chi connectivity index (χ1) is 8.81. The van der Waals surface area contributed by atoms with E-state index in [1.165, 1.54) is 6.58 Å². The van der Waals surface area contributed by atoms with E-state index in [4.69, 9.17) is 0 Å². The van der Waals surface area contributed by atoms with Crippen LogP contribution in [0.1, 0.15) is 0 Å². The smallest absolute Gasteiger partial charge is 0.288 e. The molecule has 0 aliphatic rings. The summed E-state index contributed by atoms with van der Waals surface area (Å²) in [5, 5.41) is 0. The molecule has 0 radical (unpaired) electrons. The molecule has 0 aliphatic heterocycles. The van der Waals surface area contributed by atoms with Gasteiger partial charge in [0.1, 0.15) is 5.57 Å². The van der Waals surface area contributed by atoms with Crippen LogP contribution in [0.4, 0.5) is 52.7 Å². The van der Waals surface area contributed by atoms with Crippen LogP contribution in [0.2, 0.25) is 0 Å². The lowest BCUT2D eigenvalue weighted by atomic mass is 9.90. The Bertz CT molecular complexity index is 422. The van der Waals surface area contributed by atoms with E-state index in [0.717, 1.165) is 0 Å². The van der Waals surface area contributed by atoms with Gasteiger partial charge in [0.2, 0.25) is 0 Å². The Labute approximate surface area is 107 Å². The normalized spacial score (nSPS) is 15.0. The number of allylic oxidation sites excluding steroid dienone is 1. The van der Waals surface area contributed by atoms with Gasteiger partial charge < -0.3 is 0 Å². The summed E-state index contributed by atoms with van der Waals surface area (Å²) in [5.74, 6) is -11.1. The number of ketones is 1. The van der Waals surface area contributed by atoms with Crippen molar-refractivity contribution in [1.29, 1.82) is 0 Å². The van der Waals surface area contributed by atoms with E-state index in [0.29, 0.717) is 0 Å². The second-order valence-corrected chi connectivity index (χ2v) is 3.53. The largest absolute Gasteiger partial charge is 0.439 e. The molecule has 0 amide bonds. The SMILES string of the molecule is C=C(C(F)(F)F)C(F)(F)C(=O)C(F)(C(F)(F)F)C(F)(F)F. The van der Waals surface area contributed by atoms with Crippen LogP contribution in [0.25, 0.3) is 0 Å². The Hall–Kier alpha value is -1.43. The average molecular weight is 342 g/mol. The van der Waals surface area contributed by atoms with E-state index in [-0.39, 0.29) is 0 Å². The van der Waals surface area contributed by atoms with E-state index < -0.39 is 41.5 Å². The summed E-state index contributed by atoms with van der Waals surface area (Å²) in [6, 6.07) is 0. The topological polar surface area (TPSA) is 17.1 Å². The fourth-order valence-electron chi connectivity index (χ4n) is 0.950. The standard InChI is InChI=1S/C8H2F12O/c1-2(6(12,13)14)4(9,10)3(21)5(11,7(15,16)17)8(18,19)20/h1H2. The highest BCUT2D eigenvalue weighted by Gasteiger charge is 2.81. The third-order valence-electron chi connectivity index (χ3n) is 2.10. The van der Waals surface area contributed by atoms with Crippen LogP contribution in [0.3, 0.4) is 0 Å². The molecule has 0 heterocycles. The van der Waals surface area contributed by atoms with Crippen LogP contribution in [0.15, 0.2) is 12.2 Å². The van der Waals surface area contributed by atoms with Crippen molar-refractivity contribution in [3.05, 3.63) is 12.2 Å². The molecule has 13 heteroatoms. The molecule has 0 aliphatic carbocycles. The van der Waals surface area contributed by atoms with Crippen molar-refractivity contribution in [2.45, 2.75) is 30.1 Å². The maximum atomic E-state index is 13.0. The molecule has 21 heavy (non-hydrogen) atoms. The summed E-state index contributed by atoms with van der Waals surface area (Å²) in [7, 11) is 0. The van der Waals surface area contributed by atoms with Crippen molar-refractivity contribution in [2.24, 2.45) is 0 Å². The second kappa shape index (κ2) is 4.80. The van der Waals surface area contributed by atoms with Gasteiger partial charge in [-0.15, -0.1) is 0 Å². The van der Waals surface area contributed by atoms with Crippen LogP contribution in [0, 0.1) is 0 Å². The van der Waals surface area contributed by atoms with Gasteiger partial charge >= 0.3 is 30.1 Å². The molecule has 1 nitrogen and oxygen atoms in total. The van der Waals surface area contributed by atoms with Gasteiger partial charge in [0, 0.05) is 0 Å². The molecule has 0 aromatic heterocycles. The summed E-state index contributed by atoms with van der Waals surface area (Å²) in [6.45, 7) is 1.50. The van der Waals surface area contributed by atoms with E-state index in [1.54, 1.807) is 0 Å². The number of hydrogen-bond donors (Lipinski definition) is 0. The van der Waals surface area contributed by atoms with Gasteiger partial charge in [0.25, 0.3) is 5.78 Å². The zero-order valence-electron chi connectivity index (χ0n) is 9.15. The molecule has 0 aromatic rings. The Balaban J connectivity index is 6.14. The van der Waals surface area contributed by atoms with Crippen LogP contribution in [0.5, 0.6) is 0 Å². The van der Waals surface area contributed by atoms with Crippen LogP contribution in [-0.2, 0) is 4.79 Å². The van der Waals surface area contributed by atoms with Crippen molar-refractivity contribution in [3.8, 4) is 0 Å². The van der Waals surface area contributed by atoms with Crippen LogP contribution < -0.4 is 0 Å². The Kier molecular flexibility index (Phi) is 4.47. The van der Waals surface area contributed by atoms with Crippen molar-refractivity contribution in [3.63, 3.8) is 0 Å². The van der Waals surface area contributed by atoms with E-state index in [1.807, 2.05) is 0 Å². The van der Waals surface area contributed by atoms with Gasteiger partial charge in [-0.3, -0.25) is 4.79 Å². The Morgan fingerprint density at radius 3 is 1.14 bits per heavy atom. The van der Waals surface area contributed by atoms with E-state index >= 15 is 0 Å². The van der Waals surface area contributed by atoms with Crippen LogP contribution in [-0.4, -0.2) is 35.9 Å². The number of carbonyl (C=O) groups is 1. The zero-order valence-corrected chi connectivity index (χ0v) is 9.15. The molecule has 0 spiro atoms. The zero-order chi connectivity index (χ0) is 17.7. The highest BCUT2D eigenvalue weighted by atomic mass is 19.4. The third kappa shape index (κ3) is 3.10. The maximum Gasteiger partial charge on any atom is 0.439 e. The number of hydrogen-bond acceptors (Lipinski definition) is 1. The molecule has 0 rings (SSSR count). The fourth-order valence-corrected chi connectivity index (χ4v) is 0.950.